The van der Waals surface area contributed by atoms with Crippen molar-refractivity contribution < 1.29 is 9.53 Å². The summed E-state index contributed by atoms with van der Waals surface area (Å²) >= 11 is 0. The van der Waals surface area contributed by atoms with Gasteiger partial charge in [0.2, 0.25) is 5.91 Å². The Labute approximate surface area is 107 Å². The SMILES string of the molecule is N#CC1(NC(=O)[C@@H]2C[C@H]3C=C[C@H]2C3)CCOCC1. The van der Waals surface area contributed by atoms with Crippen molar-refractivity contribution in [2.45, 2.75) is 31.2 Å². The maximum atomic E-state index is 12.3. The summed E-state index contributed by atoms with van der Waals surface area (Å²) in [5, 5.41) is 12.3. The van der Waals surface area contributed by atoms with Crippen molar-refractivity contribution in [3.8, 4) is 6.07 Å². The van der Waals surface area contributed by atoms with E-state index in [-0.39, 0.29) is 11.8 Å². The summed E-state index contributed by atoms with van der Waals surface area (Å²) in [5.74, 6) is 1.12. The zero-order chi connectivity index (χ0) is 12.6. The molecule has 3 rings (SSSR count). The minimum absolute atomic E-state index is 0.0651. The van der Waals surface area contributed by atoms with Gasteiger partial charge in [0.25, 0.3) is 0 Å². The summed E-state index contributed by atoms with van der Waals surface area (Å²) < 4.78 is 5.27. The molecule has 1 N–H and O–H groups in total. The first-order valence-corrected chi connectivity index (χ1v) is 6.72. The highest BCUT2D eigenvalue weighted by molar-refractivity contribution is 5.81. The van der Waals surface area contributed by atoms with Gasteiger partial charge in [-0.15, -0.1) is 0 Å². The highest BCUT2D eigenvalue weighted by Crippen LogP contribution is 2.43. The zero-order valence-electron chi connectivity index (χ0n) is 10.4. The predicted octanol–water partition coefficient (Wildman–Crippen LogP) is 1.39. The lowest BCUT2D eigenvalue weighted by molar-refractivity contribution is -0.128. The summed E-state index contributed by atoms with van der Waals surface area (Å²) in [6, 6.07) is 2.29. The number of allylic oxidation sites excluding steroid dienone is 2. The van der Waals surface area contributed by atoms with Gasteiger partial charge in [-0.1, -0.05) is 12.2 Å². The first-order chi connectivity index (χ1) is 8.72. The van der Waals surface area contributed by atoms with Gasteiger partial charge >= 0.3 is 0 Å². The molecule has 1 saturated heterocycles. The molecule has 0 spiro atoms. The largest absolute Gasteiger partial charge is 0.381 e. The zero-order valence-corrected chi connectivity index (χ0v) is 10.4. The molecule has 96 valence electrons. The lowest BCUT2D eigenvalue weighted by atomic mass is 9.88. The summed E-state index contributed by atoms with van der Waals surface area (Å²) in [4.78, 5) is 12.3. The Hall–Kier alpha value is -1.34. The molecule has 2 fully saturated rings. The smallest absolute Gasteiger partial charge is 0.224 e. The topological polar surface area (TPSA) is 62.1 Å². The van der Waals surface area contributed by atoms with Crippen LogP contribution in [0.25, 0.3) is 0 Å². The molecule has 1 saturated carbocycles. The Morgan fingerprint density at radius 3 is 2.67 bits per heavy atom. The van der Waals surface area contributed by atoms with Crippen LogP contribution < -0.4 is 5.32 Å². The third-order valence-corrected chi connectivity index (χ3v) is 4.54. The highest BCUT2D eigenvalue weighted by atomic mass is 16.5. The Balaban J connectivity index is 1.67. The highest BCUT2D eigenvalue weighted by Gasteiger charge is 2.43. The van der Waals surface area contributed by atoms with Gasteiger partial charge in [0.1, 0.15) is 5.54 Å². The molecule has 18 heavy (non-hydrogen) atoms. The van der Waals surface area contributed by atoms with Crippen LogP contribution in [0.15, 0.2) is 12.2 Å². The number of nitrogens with one attached hydrogen (secondary N) is 1. The lowest BCUT2D eigenvalue weighted by Crippen LogP contribution is -2.53. The summed E-state index contributed by atoms with van der Waals surface area (Å²) in [6.07, 6.45) is 7.66. The fourth-order valence-electron chi connectivity index (χ4n) is 3.40. The van der Waals surface area contributed by atoms with Crippen LogP contribution >= 0.6 is 0 Å². The number of carbonyl (C=O) groups is 1. The second kappa shape index (κ2) is 4.40. The number of fused-ring (bicyclic) bond motifs is 2. The lowest BCUT2D eigenvalue weighted by Gasteiger charge is -2.33. The van der Waals surface area contributed by atoms with Crippen molar-refractivity contribution in [3.05, 3.63) is 12.2 Å². The van der Waals surface area contributed by atoms with Gasteiger partial charge in [0.05, 0.1) is 6.07 Å². The second-order valence-corrected chi connectivity index (χ2v) is 5.68. The van der Waals surface area contributed by atoms with Crippen molar-refractivity contribution in [1.29, 1.82) is 5.26 Å². The maximum absolute atomic E-state index is 12.3. The van der Waals surface area contributed by atoms with Crippen LogP contribution in [0.5, 0.6) is 0 Å². The molecule has 3 atom stereocenters. The van der Waals surface area contributed by atoms with Crippen LogP contribution in [0.2, 0.25) is 0 Å². The van der Waals surface area contributed by atoms with Crippen LogP contribution in [-0.2, 0) is 9.53 Å². The minimum atomic E-state index is -0.694. The fraction of sp³-hybridized carbons (Fsp3) is 0.714. The molecule has 0 aromatic carbocycles. The molecule has 1 aliphatic heterocycles. The van der Waals surface area contributed by atoms with Gasteiger partial charge in [-0.2, -0.15) is 5.26 Å². The molecule has 0 aromatic heterocycles. The third kappa shape index (κ3) is 1.93. The van der Waals surface area contributed by atoms with E-state index in [4.69, 9.17) is 4.74 Å². The van der Waals surface area contributed by atoms with E-state index >= 15 is 0 Å². The summed E-state index contributed by atoms with van der Waals surface area (Å²) in [5.41, 5.74) is -0.694. The predicted molar refractivity (Wildman–Crippen MR) is 65.4 cm³/mol. The van der Waals surface area contributed by atoms with E-state index in [9.17, 15) is 10.1 Å². The third-order valence-electron chi connectivity index (χ3n) is 4.54. The quantitative estimate of drug-likeness (QED) is 0.749. The molecule has 4 heteroatoms. The number of nitriles is 1. The molecule has 1 amide bonds. The molecule has 3 aliphatic rings. The van der Waals surface area contributed by atoms with Crippen molar-refractivity contribution >= 4 is 5.91 Å². The van der Waals surface area contributed by atoms with Crippen molar-refractivity contribution in [2.75, 3.05) is 13.2 Å². The van der Waals surface area contributed by atoms with E-state index in [1.54, 1.807) is 0 Å². The number of rotatable bonds is 2. The molecule has 2 bridgehead atoms. The van der Waals surface area contributed by atoms with E-state index in [1.165, 1.54) is 0 Å². The second-order valence-electron chi connectivity index (χ2n) is 5.68. The number of ether oxygens (including phenoxy) is 1. The summed E-state index contributed by atoms with van der Waals surface area (Å²) in [7, 11) is 0. The Kier molecular flexibility index (Phi) is 2.87. The molecule has 0 aromatic rings. The van der Waals surface area contributed by atoms with Crippen LogP contribution in [0.1, 0.15) is 25.7 Å². The van der Waals surface area contributed by atoms with Crippen LogP contribution in [0.3, 0.4) is 0 Å². The molecular formula is C14H18N2O2. The average Bonchev–Trinajstić information content (AvgIpc) is 3.02. The molecule has 0 radical (unpaired) electrons. The van der Waals surface area contributed by atoms with E-state index in [2.05, 4.69) is 23.5 Å². The standard InChI is InChI=1S/C14H18N2O2/c15-9-14(3-5-18-6-4-14)16-13(17)12-8-10-1-2-11(12)7-10/h1-2,10-12H,3-8H2,(H,16,17)/t10-,11-,12+/m0/s1. The Bertz CT molecular complexity index is 418. The fourth-order valence-corrected chi connectivity index (χ4v) is 3.40. The van der Waals surface area contributed by atoms with Crippen LogP contribution in [0, 0.1) is 29.1 Å². The van der Waals surface area contributed by atoms with Crippen molar-refractivity contribution in [3.63, 3.8) is 0 Å². The van der Waals surface area contributed by atoms with Crippen molar-refractivity contribution in [1.82, 2.24) is 5.32 Å². The molecule has 2 aliphatic carbocycles. The van der Waals surface area contributed by atoms with Gasteiger partial charge in [-0.05, 0) is 24.7 Å². The van der Waals surface area contributed by atoms with E-state index in [1.807, 2.05) is 0 Å². The Morgan fingerprint density at radius 2 is 2.11 bits per heavy atom. The van der Waals surface area contributed by atoms with Gasteiger partial charge in [0.15, 0.2) is 0 Å². The number of hydrogen-bond acceptors (Lipinski definition) is 3. The van der Waals surface area contributed by atoms with E-state index in [0.717, 1.165) is 12.8 Å². The molecule has 0 unspecified atom stereocenters. The first kappa shape index (κ1) is 11.7. The van der Waals surface area contributed by atoms with Gasteiger partial charge in [0, 0.05) is 32.0 Å². The minimum Gasteiger partial charge on any atom is -0.381 e. The normalized spacial score (nSPS) is 36.3. The van der Waals surface area contributed by atoms with Gasteiger partial charge in [-0.3, -0.25) is 4.79 Å². The first-order valence-electron chi connectivity index (χ1n) is 6.72. The molecule has 4 nitrogen and oxygen atoms in total. The van der Waals surface area contributed by atoms with Crippen molar-refractivity contribution in [2.24, 2.45) is 17.8 Å². The molecule has 1 heterocycles. The number of nitrogens with zero attached hydrogens (tertiary/aromatic N) is 1. The average molecular weight is 246 g/mol. The number of carbonyl (C=O) groups excluding carboxylic acids is 1. The van der Waals surface area contributed by atoms with E-state index < -0.39 is 5.54 Å². The van der Waals surface area contributed by atoms with E-state index in [0.29, 0.717) is 37.9 Å². The Morgan fingerprint density at radius 1 is 1.33 bits per heavy atom. The van der Waals surface area contributed by atoms with Crippen LogP contribution in [-0.4, -0.2) is 24.7 Å². The van der Waals surface area contributed by atoms with Crippen LogP contribution in [0.4, 0.5) is 0 Å². The maximum Gasteiger partial charge on any atom is 0.224 e. The monoisotopic (exact) mass is 246 g/mol. The summed E-state index contributed by atoms with van der Waals surface area (Å²) in [6.45, 7) is 1.12. The van der Waals surface area contributed by atoms with Gasteiger partial charge < -0.3 is 10.1 Å². The number of amides is 1. The van der Waals surface area contributed by atoms with Gasteiger partial charge in [-0.25, -0.2) is 0 Å². The molecular weight excluding hydrogens is 228 g/mol. The number of hydrogen-bond donors (Lipinski definition) is 1.